The van der Waals surface area contributed by atoms with Gasteiger partial charge in [0.2, 0.25) is 5.91 Å². The van der Waals surface area contributed by atoms with Crippen molar-refractivity contribution in [2.45, 2.75) is 12.6 Å². The zero-order chi connectivity index (χ0) is 16.3. The van der Waals surface area contributed by atoms with Crippen LogP contribution in [-0.2, 0) is 17.4 Å². The van der Waals surface area contributed by atoms with E-state index in [4.69, 9.17) is 11.6 Å². The summed E-state index contributed by atoms with van der Waals surface area (Å²) in [5.41, 5.74) is -1.42. The Kier molecular flexibility index (Phi) is 4.71. The van der Waals surface area contributed by atoms with Gasteiger partial charge in [0, 0.05) is 10.6 Å². The molecule has 1 amide bonds. The van der Waals surface area contributed by atoms with Crippen molar-refractivity contribution in [1.29, 1.82) is 0 Å². The van der Waals surface area contributed by atoms with Crippen molar-refractivity contribution in [2.75, 3.05) is 5.32 Å². The van der Waals surface area contributed by atoms with Gasteiger partial charge >= 0.3 is 6.18 Å². The standard InChI is InChI=1S/C15H10ClF4NO/c16-11-5-3-6-12(17)9(11)8-14(22)21-13-7-2-1-4-10(13)15(18,19)20/h1-7H,8H2,(H,21,22). The van der Waals surface area contributed by atoms with Crippen molar-refractivity contribution in [3.05, 3.63) is 64.4 Å². The first-order chi connectivity index (χ1) is 10.3. The third-order valence-corrected chi connectivity index (χ3v) is 3.26. The highest BCUT2D eigenvalue weighted by atomic mass is 35.5. The molecule has 1 N–H and O–H groups in total. The zero-order valence-corrected chi connectivity index (χ0v) is 11.8. The summed E-state index contributed by atoms with van der Waals surface area (Å²) in [5, 5.41) is 2.18. The summed E-state index contributed by atoms with van der Waals surface area (Å²) in [5.74, 6) is -1.48. The number of para-hydroxylation sites is 1. The summed E-state index contributed by atoms with van der Waals surface area (Å²) in [6, 6.07) is 8.45. The normalized spacial score (nSPS) is 11.3. The predicted octanol–water partition coefficient (Wildman–Crippen LogP) is 4.68. The minimum atomic E-state index is -4.60. The first-order valence-electron chi connectivity index (χ1n) is 6.18. The van der Waals surface area contributed by atoms with Crippen molar-refractivity contribution >= 4 is 23.2 Å². The van der Waals surface area contributed by atoms with E-state index in [1.165, 1.54) is 24.3 Å². The Labute approximate surface area is 128 Å². The summed E-state index contributed by atoms with van der Waals surface area (Å²) >= 11 is 5.78. The number of rotatable bonds is 3. The quantitative estimate of drug-likeness (QED) is 0.813. The average Bonchev–Trinajstić information content (AvgIpc) is 2.42. The van der Waals surface area contributed by atoms with Crippen molar-refractivity contribution in [2.24, 2.45) is 0 Å². The third-order valence-electron chi connectivity index (χ3n) is 2.91. The number of benzene rings is 2. The van der Waals surface area contributed by atoms with E-state index in [0.29, 0.717) is 0 Å². The molecule has 0 saturated heterocycles. The number of hydrogen-bond acceptors (Lipinski definition) is 1. The molecule has 2 nitrogen and oxygen atoms in total. The highest BCUT2D eigenvalue weighted by Gasteiger charge is 2.33. The minimum absolute atomic E-state index is 0.0410. The van der Waals surface area contributed by atoms with E-state index >= 15 is 0 Å². The Morgan fingerprint density at radius 3 is 2.41 bits per heavy atom. The van der Waals surface area contributed by atoms with Gasteiger partial charge in [0.25, 0.3) is 0 Å². The second kappa shape index (κ2) is 6.36. The Morgan fingerprint density at radius 1 is 1.09 bits per heavy atom. The van der Waals surface area contributed by atoms with E-state index in [-0.39, 0.29) is 16.3 Å². The molecule has 0 unspecified atom stereocenters. The number of hydrogen-bond donors (Lipinski definition) is 1. The van der Waals surface area contributed by atoms with Gasteiger partial charge in [-0.25, -0.2) is 4.39 Å². The highest BCUT2D eigenvalue weighted by Crippen LogP contribution is 2.34. The molecule has 0 aliphatic heterocycles. The van der Waals surface area contributed by atoms with E-state index in [2.05, 4.69) is 5.32 Å². The SMILES string of the molecule is O=C(Cc1c(F)cccc1Cl)Nc1ccccc1C(F)(F)F. The van der Waals surface area contributed by atoms with Crippen LogP contribution in [0.4, 0.5) is 23.2 Å². The first kappa shape index (κ1) is 16.3. The van der Waals surface area contributed by atoms with Crippen LogP contribution in [-0.4, -0.2) is 5.91 Å². The fourth-order valence-electron chi connectivity index (χ4n) is 1.90. The highest BCUT2D eigenvalue weighted by molar-refractivity contribution is 6.31. The maximum Gasteiger partial charge on any atom is 0.418 e. The topological polar surface area (TPSA) is 29.1 Å². The molecule has 0 heterocycles. The van der Waals surface area contributed by atoms with E-state index in [1.807, 2.05) is 0 Å². The second-order valence-electron chi connectivity index (χ2n) is 4.47. The summed E-state index contributed by atoms with van der Waals surface area (Å²) in [6.07, 6.45) is -5.06. The zero-order valence-electron chi connectivity index (χ0n) is 11.0. The largest absolute Gasteiger partial charge is 0.418 e. The lowest BCUT2D eigenvalue weighted by Crippen LogP contribution is -2.18. The van der Waals surface area contributed by atoms with E-state index < -0.39 is 29.9 Å². The molecule has 0 saturated carbocycles. The molecule has 0 spiro atoms. The molecule has 0 aliphatic carbocycles. The molecule has 0 fully saturated rings. The number of anilines is 1. The van der Waals surface area contributed by atoms with Gasteiger partial charge in [0.15, 0.2) is 0 Å². The molecule has 116 valence electrons. The predicted molar refractivity (Wildman–Crippen MR) is 75.2 cm³/mol. The molecule has 2 aromatic carbocycles. The van der Waals surface area contributed by atoms with Gasteiger partial charge in [-0.05, 0) is 24.3 Å². The van der Waals surface area contributed by atoms with Crippen LogP contribution in [0, 0.1) is 5.82 Å². The Bertz CT molecular complexity index is 680. The van der Waals surface area contributed by atoms with Crippen molar-refractivity contribution < 1.29 is 22.4 Å². The van der Waals surface area contributed by atoms with Crippen LogP contribution in [0.3, 0.4) is 0 Å². The number of amides is 1. The number of alkyl halides is 3. The molecule has 2 rings (SSSR count). The van der Waals surface area contributed by atoms with Gasteiger partial charge in [-0.3, -0.25) is 4.79 Å². The fraction of sp³-hybridized carbons (Fsp3) is 0.133. The molecular formula is C15H10ClF4NO. The number of halogens is 5. The Morgan fingerprint density at radius 2 is 1.77 bits per heavy atom. The number of carbonyl (C=O) groups excluding carboxylic acids is 1. The van der Waals surface area contributed by atoms with Crippen LogP contribution < -0.4 is 5.32 Å². The van der Waals surface area contributed by atoms with Gasteiger partial charge in [-0.2, -0.15) is 13.2 Å². The average molecular weight is 332 g/mol. The molecular weight excluding hydrogens is 322 g/mol. The lowest BCUT2D eigenvalue weighted by atomic mass is 10.1. The molecule has 7 heteroatoms. The molecule has 0 radical (unpaired) electrons. The summed E-state index contributed by atoms with van der Waals surface area (Å²) in [6.45, 7) is 0. The number of carbonyl (C=O) groups is 1. The molecule has 22 heavy (non-hydrogen) atoms. The van der Waals surface area contributed by atoms with Crippen LogP contribution in [0.15, 0.2) is 42.5 Å². The van der Waals surface area contributed by atoms with E-state index in [0.717, 1.165) is 18.2 Å². The van der Waals surface area contributed by atoms with E-state index in [1.54, 1.807) is 0 Å². The molecule has 0 aliphatic rings. The Balaban J connectivity index is 2.20. The lowest BCUT2D eigenvalue weighted by Gasteiger charge is -2.14. The van der Waals surface area contributed by atoms with Crippen molar-refractivity contribution in [3.8, 4) is 0 Å². The summed E-state index contributed by atoms with van der Waals surface area (Å²) in [4.78, 5) is 11.9. The second-order valence-corrected chi connectivity index (χ2v) is 4.88. The van der Waals surface area contributed by atoms with Gasteiger partial charge in [-0.15, -0.1) is 0 Å². The maximum absolute atomic E-state index is 13.6. The minimum Gasteiger partial charge on any atom is -0.325 e. The fourth-order valence-corrected chi connectivity index (χ4v) is 2.13. The van der Waals surface area contributed by atoms with Gasteiger partial charge < -0.3 is 5.32 Å². The Hall–Kier alpha value is -2.08. The molecule has 0 bridgehead atoms. The number of nitrogens with one attached hydrogen (secondary N) is 1. The third kappa shape index (κ3) is 3.76. The van der Waals surface area contributed by atoms with Crippen LogP contribution in [0.5, 0.6) is 0 Å². The molecule has 2 aromatic rings. The lowest BCUT2D eigenvalue weighted by molar-refractivity contribution is -0.137. The maximum atomic E-state index is 13.6. The van der Waals surface area contributed by atoms with Crippen molar-refractivity contribution in [1.82, 2.24) is 0 Å². The van der Waals surface area contributed by atoms with Crippen molar-refractivity contribution in [3.63, 3.8) is 0 Å². The van der Waals surface area contributed by atoms with Gasteiger partial charge in [0.05, 0.1) is 17.7 Å². The van der Waals surface area contributed by atoms with Crippen LogP contribution in [0.25, 0.3) is 0 Å². The van der Waals surface area contributed by atoms with Crippen LogP contribution >= 0.6 is 11.6 Å². The smallest absolute Gasteiger partial charge is 0.325 e. The molecule has 0 aromatic heterocycles. The van der Waals surface area contributed by atoms with E-state index in [9.17, 15) is 22.4 Å². The van der Waals surface area contributed by atoms with Crippen LogP contribution in [0.2, 0.25) is 5.02 Å². The van der Waals surface area contributed by atoms with Crippen LogP contribution in [0.1, 0.15) is 11.1 Å². The van der Waals surface area contributed by atoms with Gasteiger partial charge in [-0.1, -0.05) is 29.8 Å². The van der Waals surface area contributed by atoms with Gasteiger partial charge in [0.1, 0.15) is 5.82 Å². The monoisotopic (exact) mass is 331 g/mol. The summed E-state index contributed by atoms with van der Waals surface area (Å²) < 4.78 is 52.0. The first-order valence-corrected chi connectivity index (χ1v) is 6.56. The molecule has 0 atom stereocenters. The summed E-state index contributed by atoms with van der Waals surface area (Å²) in [7, 11) is 0.